The van der Waals surface area contributed by atoms with Crippen molar-refractivity contribution in [2.45, 2.75) is 18.9 Å². The number of hydrogen-bond acceptors (Lipinski definition) is 3. The Balaban J connectivity index is 1.58. The Hall–Kier alpha value is -2.41. The summed E-state index contributed by atoms with van der Waals surface area (Å²) in [4.78, 5) is 26.0. The number of rotatable bonds is 3. The first-order valence-corrected chi connectivity index (χ1v) is 8.11. The maximum atomic E-state index is 13.3. The Bertz CT molecular complexity index is 787. The van der Waals surface area contributed by atoms with Gasteiger partial charge in [-0.25, -0.2) is 8.78 Å². The number of halogens is 3. The van der Waals surface area contributed by atoms with Crippen LogP contribution in [0, 0.1) is 11.6 Å². The van der Waals surface area contributed by atoms with Gasteiger partial charge in [-0.3, -0.25) is 9.59 Å². The third-order valence-electron chi connectivity index (χ3n) is 4.10. The Labute approximate surface area is 147 Å². The van der Waals surface area contributed by atoms with Crippen LogP contribution in [0.1, 0.15) is 33.8 Å². The summed E-state index contributed by atoms with van der Waals surface area (Å²) in [5, 5.41) is 2.59. The molecule has 8 heteroatoms. The number of carbonyl (C=O) groups is 2. The molecule has 1 aliphatic heterocycles. The van der Waals surface area contributed by atoms with E-state index in [4.69, 9.17) is 16.0 Å². The van der Waals surface area contributed by atoms with Crippen LogP contribution < -0.4 is 5.32 Å². The second-order valence-electron chi connectivity index (χ2n) is 5.76. The minimum absolute atomic E-state index is 0.116. The molecule has 0 unspecified atom stereocenters. The normalized spacial score (nSPS) is 15.2. The number of nitrogens with zero attached hydrogens (tertiary/aromatic N) is 1. The lowest BCUT2D eigenvalue weighted by molar-refractivity contribution is 0.0667. The number of carbonyl (C=O) groups excluding carboxylic acids is 2. The number of piperidine rings is 1. The van der Waals surface area contributed by atoms with E-state index >= 15 is 0 Å². The van der Waals surface area contributed by atoms with Gasteiger partial charge in [-0.1, -0.05) is 11.6 Å². The second-order valence-corrected chi connectivity index (χ2v) is 6.17. The summed E-state index contributed by atoms with van der Waals surface area (Å²) in [6, 6.07) is 4.61. The number of nitrogens with one attached hydrogen (secondary N) is 1. The quantitative estimate of drug-likeness (QED) is 0.846. The highest BCUT2D eigenvalue weighted by Gasteiger charge is 2.26. The Kier molecular flexibility index (Phi) is 5.03. The van der Waals surface area contributed by atoms with Gasteiger partial charge in [0.2, 0.25) is 0 Å². The van der Waals surface area contributed by atoms with Crippen LogP contribution in [-0.4, -0.2) is 35.8 Å². The molecule has 2 heterocycles. The third-order valence-corrected chi connectivity index (χ3v) is 4.42. The fourth-order valence-corrected chi connectivity index (χ4v) is 2.98. The first-order chi connectivity index (χ1) is 12.0. The maximum Gasteiger partial charge on any atom is 0.289 e. The van der Waals surface area contributed by atoms with Crippen molar-refractivity contribution < 1.29 is 22.8 Å². The van der Waals surface area contributed by atoms with E-state index in [0.29, 0.717) is 25.9 Å². The number of likely N-dealkylation sites (tertiary alicyclic amines) is 1. The Morgan fingerprint density at radius 2 is 1.88 bits per heavy atom. The lowest BCUT2D eigenvalue weighted by Crippen LogP contribution is -2.46. The van der Waals surface area contributed by atoms with Crippen molar-refractivity contribution in [1.29, 1.82) is 0 Å². The summed E-state index contributed by atoms with van der Waals surface area (Å²) >= 11 is 5.81. The molecule has 1 aromatic carbocycles. The molecule has 1 saturated heterocycles. The molecule has 0 spiro atoms. The van der Waals surface area contributed by atoms with E-state index in [1.165, 1.54) is 6.26 Å². The van der Waals surface area contributed by atoms with Crippen LogP contribution in [0.25, 0.3) is 0 Å². The molecular weight excluding hydrogens is 354 g/mol. The van der Waals surface area contributed by atoms with Gasteiger partial charge in [0.25, 0.3) is 11.8 Å². The van der Waals surface area contributed by atoms with Crippen LogP contribution in [0.5, 0.6) is 0 Å². The van der Waals surface area contributed by atoms with Crippen molar-refractivity contribution in [3.05, 3.63) is 58.5 Å². The molecule has 5 nitrogen and oxygen atoms in total. The van der Waals surface area contributed by atoms with Crippen molar-refractivity contribution >= 4 is 23.4 Å². The molecule has 1 fully saturated rings. The van der Waals surface area contributed by atoms with E-state index in [2.05, 4.69) is 5.32 Å². The monoisotopic (exact) mass is 368 g/mol. The topological polar surface area (TPSA) is 62.6 Å². The molecule has 132 valence electrons. The standard InChI is InChI=1S/C17H15ClF2N2O3/c18-12-9-14(20)13(19)8-11(12)16(23)21-10-3-5-22(6-4-10)17(24)15-2-1-7-25-15/h1-2,7-10H,3-6H2,(H,21,23). The van der Waals surface area contributed by atoms with E-state index in [1.54, 1.807) is 17.0 Å². The highest BCUT2D eigenvalue weighted by atomic mass is 35.5. The Morgan fingerprint density at radius 3 is 2.52 bits per heavy atom. The third kappa shape index (κ3) is 3.82. The second kappa shape index (κ2) is 7.23. The van der Waals surface area contributed by atoms with Gasteiger partial charge in [-0.2, -0.15) is 0 Å². The summed E-state index contributed by atoms with van der Waals surface area (Å²) in [5.41, 5.74) is -0.116. The fraction of sp³-hybridized carbons (Fsp3) is 0.294. The zero-order valence-corrected chi connectivity index (χ0v) is 13.9. The van der Waals surface area contributed by atoms with Crippen molar-refractivity contribution in [2.75, 3.05) is 13.1 Å². The summed E-state index contributed by atoms with van der Waals surface area (Å²) in [5.74, 6) is -2.73. The van der Waals surface area contributed by atoms with Crippen LogP contribution in [0.3, 0.4) is 0 Å². The zero-order chi connectivity index (χ0) is 18.0. The van der Waals surface area contributed by atoms with Gasteiger partial charge in [0.15, 0.2) is 17.4 Å². The highest BCUT2D eigenvalue weighted by Crippen LogP contribution is 2.21. The molecule has 1 N–H and O–H groups in total. The van der Waals surface area contributed by atoms with Gasteiger partial charge >= 0.3 is 0 Å². The molecule has 0 atom stereocenters. The molecule has 3 rings (SSSR count). The predicted octanol–water partition coefficient (Wildman–Crippen LogP) is 3.25. The molecule has 2 amide bonds. The molecule has 1 aliphatic rings. The van der Waals surface area contributed by atoms with Crippen LogP contribution in [0.2, 0.25) is 5.02 Å². The van der Waals surface area contributed by atoms with Crippen molar-refractivity contribution in [3.63, 3.8) is 0 Å². The van der Waals surface area contributed by atoms with Crippen LogP contribution in [0.15, 0.2) is 34.9 Å². The van der Waals surface area contributed by atoms with Crippen LogP contribution in [-0.2, 0) is 0 Å². The van der Waals surface area contributed by atoms with Gasteiger partial charge in [-0.15, -0.1) is 0 Å². The number of benzene rings is 1. The van der Waals surface area contributed by atoms with Crippen LogP contribution >= 0.6 is 11.6 Å². The first-order valence-electron chi connectivity index (χ1n) is 7.74. The highest BCUT2D eigenvalue weighted by molar-refractivity contribution is 6.33. The maximum absolute atomic E-state index is 13.3. The van der Waals surface area contributed by atoms with Gasteiger partial charge in [-0.05, 0) is 37.1 Å². The van der Waals surface area contributed by atoms with E-state index in [1.807, 2.05) is 0 Å². The Morgan fingerprint density at radius 1 is 1.20 bits per heavy atom. The predicted molar refractivity (Wildman–Crippen MR) is 86.5 cm³/mol. The molecular formula is C17H15ClF2N2O3. The molecule has 1 aromatic heterocycles. The average Bonchev–Trinajstić information content (AvgIpc) is 3.12. The minimum Gasteiger partial charge on any atom is -0.459 e. The fourth-order valence-electron chi connectivity index (χ4n) is 2.74. The first kappa shape index (κ1) is 17.4. The van der Waals surface area contributed by atoms with Gasteiger partial charge in [0, 0.05) is 19.1 Å². The van der Waals surface area contributed by atoms with Crippen molar-refractivity contribution in [2.24, 2.45) is 0 Å². The van der Waals surface area contributed by atoms with E-state index < -0.39 is 17.5 Å². The molecule has 0 aliphatic carbocycles. The molecule has 0 radical (unpaired) electrons. The summed E-state index contributed by atoms with van der Waals surface area (Å²) in [6.45, 7) is 0.909. The van der Waals surface area contributed by atoms with Gasteiger partial charge in [0.05, 0.1) is 16.8 Å². The molecule has 0 bridgehead atoms. The summed E-state index contributed by atoms with van der Waals surface area (Å²) in [7, 11) is 0. The SMILES string of the molecule is O=C(NC1CCN(C(=O)c2ccco2)CC1)c1cc(F)c(F)cc1Cl. The van der Waals surface area contributed by atoms with E-state index in [0.717, 1.165) is 12.1 Å². The van der Waals surface area contributed by atoms with Crippen LogP contribution in [0.4, 0.5) is 8.78 Å². The van der Waals surface area contributed by atoms with Gasteiger partial charge < -0.3 is 14.6 Å². The zero-order valence-electron chi connectivity index (χ0n) is 13.1. The molecule has 25 heavy (non-hydrogen) atoms. The smallest absolute Gasteiger partial charge is 0.289 e. The average molecular weight is 369 g/mol. The van der Waals surface area contributed by atoms with E-state index in [9.17, 15) is 18.4 Å². The number of hydrogen-bond donors (Lipinski definition) is 1. The lowest BCUT2D eigenvalue weighted by atomic mass is 10.0. The molecule has 0 saturated carbocycles. The van der Waals surface area contributed by atoms with Crippen molar-refractivity contribution in [1.82, 2.24) is 10.2 Å². The largest absolute Gasteiger partial charge is 0.459 e. The molecule has 2 aromatic rings. The lowest BCUT2D eigenvalue weighted by Gasteiger charge is -2.32. The minimum atomic E-state index is -1.13. The summed E-state index contributed by atoms with van der Waals surface area (Å²) < 4.78 is 31.5. The van der Waals surface area contributed by atoms with Crippen molar-refractivity contribution in [3.8, 4) is 0 Å². The number of furan rings is 1. The number of amides is 2. The summed E-state index contributed by atoms with van der Waals surface area (Å²) in [6.07, 6.45) is 2.52. The van der Waals surface area contributed by atoms with E-state index in [-0.39, 0.29) is 28.3 Å². The van der Waals surface area contributed by atoms with Gasteiger partial charge in [0.1, 0.15) is 0 Å².